The molecule has 0 unspecified atom stereocenters. The van der Waals surface area contributed by atoms with Crippen molar-refractivity contribution in [3.8, 4) is 11.8 Å². The molecule has 1 aromatic heterocycles. The van der Waals surface area contributed by atoms with Gasteiger partial charge < -0.3 is 29.0 Å². The molecule has 3 saturated heterocycles. The number of quaternary nitrogens is 1. The standard InChI is InChI=1S/C28H35N2O4S.C2HF3O2/c29-19-21-6-3-9-24(18-21)33-16-5-13-30-14-11-22(12-15-30)25(20-30)34-27(31)28(32,23-7-1-2-8-23)26-10-4-17-35-26;3-2(4,5)1(6)7/h3-4,6,9-10,17-18,22-23,25,32H,1-2,5,7-8,11-16,20H2;(H,6,7)/q+1;/p-1/t22?,25-,28+,30?;/m0./s1. The van der Waals surface area contributed by atoms with E-state index in [1.54, 1.807) is 12.1 Å². The summed E-state index contributed by atoms with van der Waals surface area (Å²) in [5, 5.41) is 31.5. The van der Waals surface area contributed by atoms with Crippen LogP contribution in [0.1, 0.15) is 55.4 Å². The predicted octanol–water partition coefficient (Wildman–Crippen LogP) is 3.92. The van der Waals surface area contributed by atoms with Crippen molar-refractivity contribution in [2.75, 3.05) is 32.8 Å². The number of esters is 1. The van der Waals surface area contributed by atoms with E-state index < -0.39 is 23.7 Å². The second kappa shape index (κ2) is 13.4. The van der Waals surface area contributed by atoms with Crippen LogP contribution in [-0.4, -0.2) is 66.6 Å². The smallest absolute Gasteiger partial charge is 0.430 e. The lowest BCUT2D eigenvalue weighted by atomic mass is 9.82. The van der Waals surface area contributed by atoms with E-state index in [2.05, 4.69) is 6.07 Å². The summed E-state index contributed by atoms with van der Waals surface area (Å²) in [4.78, 5) is 23.1. The first kappa shape index (κ1) is 31.8. The van der Waals surface area contributed by atoms with Crippen molar-refractivity contribution in [2.45, 2.75) is 62.8 Å². The molecule has 0 spiro atoms. The molecule has 4 heterocycles. The SMILES string of the molecule is N#Cc1cccc(OCCC[N+]23CCC(CC2)[C@@H](OC(=O)[C@](O)(c2cccs2)C2CCCC2)C3)c1.O=C([O-])C(F)(F)F. The van der Waals surface area contributed by atoms with E-state index in [0.29, 0.717) is 18.1 Å². The number of rotatable bonds is 9. The minimum Gasteiger partial charge on any atom is -0.542 e. The summed E-state index contributed by atoms with van der Waals surface area (Å²) in [6.45, 7) is 4.63. The van der Waals surface area contributed by atoms with Gasteiger partial charge in [-0.05, 0) is 42.5 Å². The summed E-state index contributed by atoms with van der Waals surface area (Å²) in [7, 11) is 0. The maximum Gasteiger partial charge on any atom is 0.430 e. The fraction of sp³-hybridized carbons (Fsp3) is 0.567. The Morgan fingerprint density at radius 3 is 2.40 bits per heavy atom. The van der Waals surface area contributed by atoms with Crippen LogP contribution in [0.25, 0.3) is 0 Å². The summed E-state index contributed by atoms with van der Waals surface area (Å²) in [6.07, 6.45) is 1.55. The van der Waals surface area contributed by atoms with Gasteiger partial charge in [0.1, 0.15) is 18.3 Å². The number of aliphatic hydroxyl groups is 1. The van der Waals surface area contributed by atoms with E-state index in [1.807, 2.05) is 29.6 Å². The molecule has 2 bridgehead atoms. The summed E-state index contributed by atoms with van der Waals surface area (Å²) >= 11 is 1.45. The van der Waals surface area contributed by atoms with E-state index in [1.165, 1.54) is 11.3 Å². The van der Waals surface area contributed by atoms with E-state index in [0.717, 1.165) is 86.2 Å². The van der Waals surface area contributed by atoms with Crippen LogP contribution in [0.2, 0.25) is 0 Å². The minimum absolute atomic E-state index is 0.0606. The molecular weight excluding hydrogens is 573 g/mol. The van der Waals surface area contributed by atoms with Gasteiger partial charge in [-0.25, -0.2) is 4.79 Å². The number of thiophene rings is 1. The Hall–Kier alpha value is -3.14. The highest BCUT2D eigenvalue weighted by atomic mass is 32.1. The highest BCUT2D eigenvalue weighted by Gasteiger charge is 2.53. The molecule has 1 N–H and O–H groups in total. The maximum atomic E-state index is 13.6. The number of fused-ring (bicyclic) bond motifs is 3. The summed E-state index contributed by atoms with van der Waals surface area (Å²) < 4.78 is 44.6. The molecule has 2 aromatic rings. The second-order valence-corrected chi connectivity index (χ2v) is 12.3. The lowest BCUT2D eigenvalue weighted by molar-refractivity contribution is -0.946. The molecule has 8 nitrogen and oxygen atoms in total. The number of carboxylic acids is 1. The molecule has 12 heteroatoms. The zero-order valence-corrected chi connectivity index (χ0v) is 24.0. The molecular formula is C30H35F3N2O6S. The fourth-order valence-corrected chi connectivity index (χ4v) is 7.34. The number of carboxylic acid groups (broad SMARTS) is 1. The van der Waals surface area contributed by atoms with Crippen molar-refractivity contribution < 1.29 is 46.9 Å². The minimum atomic E-state index is -5.19. The van der Waals surface area contributed by atoms with E-state index >= 15 is 0 Å². The number of carbonyl (C=O) groups excluding carboxylic acids is 2. The lowest BCUT2D eigenvalue weighted by Crippen LogP contribution is -2.65. The number of nitrogens with zero attached hydrogens (tertiary/aromatic N) is 2. The van der Waals surface area contributed by atoms with Crippen LogP contribution in [0.15, 0.2) is 41.8 Å². The number of alkyl halides is 3. The molecule has 4 fully saturated rings. The van der Waals surface area contributed by atoms with Crippen LogP contribution >= 0.6 is 11.3 Å². The molecule has 4 aliphatic rings. The zero-order valence-electron chi connectivity index (χ0n) is 23.2. The van der Waals surface area contributed by atoms with Crippen LogP contribution in [-0.2, 0) is 19.9 Å². The second-order valence-electron chi connectivity index (χ2n) is 11.3. The molecule has 3 aliphatic heterocycles. The fourth-order valence-electron chi connectivity index (χ4n) is 6.45. The molecule has 228 valence electrons. The third kappa shape index (κ3) is 7.43. The van der Waals surface area contributed by atoms with Gasteiger partial charge in [0.2, 0.25) is 0 Å². The van der Waals surface area contributed by atoms with Gasteiger partial charge in [-0.15, -0.1) is 11.3 Å². The van der Waals surface area contributed by atoms with E-state index in [-0.39, 0.29) is 12.0 Å². The highest BCUT2D eigenvalue weighted by molar-refractivity contribution is 7.10. The average Bonchev–Trinajstić information content (AvgIpc) is 3.71. The van der Waals surface area contributed by atoms with Crippen molar-refractivity contribution in [1.82, 2.24) is 0 Å². The van der Waals surface area contributed by atoms with Gasteiger partial charge >= 0.3 is 12.1 Å². The first-order valence-corrected chi connectivity index (χ1v) is 15.1. The van der Waals surface area contributed by atoms with Crippen LogP contribution in [0.3, 0.4) is 0 Å². The number of carbonyl (C=O) groups is 2. The Balaban J connectivity index is 0.000000517. The third-order valence-electron chi connectivity index (χ3n) is 8.69. The molecule has 42 heavy (non-hydrogen) atoms. The van der Waals surface area contributed by atoms with Crippen molar-refractivity contribution >= 4 is 23.3 Å². The van der Waals surface area contributed by atoms with Gasteiger partial charge in [0, 0.05) is 36.0 Å². The van der Waals surface area contributed by atoms with Gasteiger partial charge in [0.05, 0.1) is 37.9 Å². The normalized spacial score (nSPS) is 25.0. The Kier molecular flexibility index (Phi) is 10.2. The number of hydrogen-bond donors (Lipinski definition) is 1. The van der Waals surface area contributed by atoms with E-state index in [4.69, 9.17) is 24.6 Å². The number of piperidine rings is 3. The Labute approximate surface area is 246 Å². The summed E-state index contributed by atoms with van der Waals surface area (Å²) in [6, 6.07) is 13.2. The van der Waals surface area contributed by atoms with Crippen molar-refractivity contribution in [1.29, 1.82) is 5.26 Å². The molecule has 0 amide bonds. The first-order valence-electron chi connectivity index (χ1n) is 14.2. The largest absolute Gasteiger partial charge is 0.542 e. The molecule has 2 atom stereocenters. The van der Waals surface area contributed by atoms with Crippen LogP contribution < -0.4 is 9.84 Å². The topological polar surface area (TPSA) is 120 Å². The van der Waals surface area contributed by atoms with Gasteiger partial charge in [0.15, 0.2) is 11.7 Å². The van der Waals surface area contributed by atoms with E-state index in [9.17, 15) is 23.1 Å². The Bertz CT molecular complexity index is 1250. The van der Waals surface area contributed by atoms with Gasteiger partial charge in [0.25, 0.3) is 0 Å². The molecule has 1 saturated carbocycles. The monoisotopic (exact) mass is 608 g/mol. The number of nitriles is 1. The molecule has 0 radical (unpaired) electrons. The highest BCUT2D eigenvalue weighted by Crippen LogP contribution is 2.44. The molecule has 6 rings (SSSR count). The van der Waals surface area contributed by atoms with Crippen molar-refractivity contribution in [2.24, 2.45) is 11.8 Å². The Morgan fingerprint density at radius 2 is 1.81 bits per heavy atom. The number of aliphatic carboxylic acids is 1. The predicted molar refractivity (Wildman–Crippen MR) is 145 cm³/mol. The number of ether oxygens (including phenoxy) is 2. The van der Waals surface area contributed by atoms with Crippen LogP contribution in [0.4, 0.5) is 13.2 Å². The maximum absolute atomic E-state index is 13.6. The first-order chi connectivity index (χ1) is 20.0. The quantitative estimate of drug-likeness (QED) is 0.260. The number of benzene rings is 1. The average molecular weight is 609 g/mol. The zero-order chi connectivity index (χ0) is 30.4. The molecule has 1 aliphatic carbocycles. The Morgan fingerprint density at radius 1 is 1.12 bits per heavy atom. The van der Waals surface area contributed by atoms with Crippen LogP contribution in [0, 0.1) is 23.2 Å². The van der Waals surface area contributed by atoms with Gasteiger partial charge in [-0.2, -0.15) is 18.4 Å². The van der Waals surface area contributed by atoms with Crippen LogP contribution in [0.5, 0.6) is 5.75 Å². The number of halogens is 3. The third-order valence-corrected chi connectivity index (χ3v) is 9.69. The lowest BCUT2D eigenvalue weighted by Gasteiger charge is -2.52. The van der Waals surface area contributed by atoms with Crippen molar-refractivity contribution in [3.05, 3.63) is 52.2 Å². The summed E-state index contributed by atoms with van der Waals surface area (Å²) in [5.41, 5.74) is -0.917. The van der Waals surface area contributed by atoms with Gasteiger partial charge in [-0.1, -0.05) is 25.0 Å². The molecule has 1 aromatic carbocycles. The number of hydrogen-bond acceptors (Lipinski definition) is 8. The summed E-state index contributed by atoms with van der Waals surface area (Å²) in [5.74, 6) is -2.39. The van der Waals surface area contributed by atoms with Crippen molar-refractivity contribution in [3.63, 3.8) is 0 Å². The van der Waals surface area contributed by atoms with Gasteiger partial charge in [-0.3, -0.25) is 0 Å².